The van der Waals surface area contributed by atoms with Crippen LogP contribution < -0.4 is 5.73 Å². The Balaban J connectivity index is 2.36. The highest BCUT2D eigenvalue weighted by molar-refractivity contribution is 7.10. The number of nitrogens with zero attached hydrogens (tertiary/aromatic N) is 2. The molecule has 1 unspecified atom stereocenters. The van der Waals surface area contributed by atoms with E-state index >= 15 is 0 Å². The first-order chi connectivity index (χ1) is 7.24. The number of aromatic nitrogens is 2. The standard InChI is InChI=1S/C11H15N3S/c1-3-8-5-7-15-11(8)10(12)9-4-6-13-14(9)2/h4-7,10H,3,12H2,1-2H3. The monoisotopic (exact) mass is 221 g/mol. The minimum absolute atomic E-state index is 0.0487. The zero-order valence-corrected chi connectivity index (χ0v) is 9.79. The van der Waals surface area contributed by atoms with Crippen LogP contribution in [-0.4, -0.2) is 9.78 Å². The molecule has 0 radical (unpaired) electrons. The third kappa shape index (κ3) is 1.82. The highest BCUT2D eigenvalue weighted by Crippen LogP contribution is 2.27. The summed E-state index contributed by atoms with van der Waals surface area (Å²) in [5, 5.41) is 6.25. The van der Waals surface area contributed by atoms with Gasteiger partial charge in [-0.15, -0.1) is 11.3 Å². The van der Waals surface area contributed by atoms with E-state index in [-0.39, 0.29) is 6.04 Å². The van der Waals surface area contributed by atoms with E-state index < -0.39 is 0 Å². The van der Waals surface area contributed by atoms with Crippen molar-refractivity contribution in [3.63, 3.8) is 0 Å². The maximum atomic E-state index is 6.23. The normalized spacial score (nSPS) is 13.0. The van der Waals surface area contributed by atoms with E-state index in [1.807, 2.05) is 17.8 Å². The summed E-state index contributed by atoms with van der Waals surface area (Å²) in [4.78, 5) is 1.25. The fourth-order valence-corrected chi connectivity index (χ4v) is 2.75. The van der Waals surface area contributed by atoms with Crippen LogP contribution in [-0.2, 0) is 13.5 Å². The quantitative estimate of drug-likeness (QED) is 0.862. The van der Waals surface area contributed by atoms with E-state index in [0.717, 1.165) is 12.1 Å². The van der Waals surface area contributed by atoms with Gasteiger partial charge in [0.25, 0.3) is 0 Å². The average molecular weight is 221 g/mol. The predicted octanol–water partition coefficient (Wildman–Crippen LogP) is 2.09. The molecule has 0 bridgehead atoms. The van der Waals surface area contributed by atoms with Crippen molar-refractivity contribution >= 4 is 11.3 Å². The van der Waals surface area contributed by atoms with Gasteiger partial charge in [-0.25, -0.2) is 0 Å². The second kappa shape index (κ2) is 4.16. The zero-order valence-electron chi connectivity index (χ0n) is 8.97. The second-order valence-electron chi connectivity index (χ2n) is 3.52. The van der Waals surface area contributed by atoms with E-state index in [9.17, 15) is 0 Å². The van der Waals surface area contributed by atoms with Crippen LogP contribution in [0.2, 0.25) is 0 Å². The number of aryl methyl sites for hydroxylation is 2. The fraction of sp³-hybridized carbons (Fsp3) is 0.364. The first-order valence-corrected chi connectivity index (χ1v) is 5.91. The molecule has 2 aromatic heterocycles. The Morgan fingerprint density at radius 3 is 2.93 bits per heavy atom. The molecule has 2 rings (SSSR count). The van der Waals surface area contributed by atoms with Crippen LogP contribution in [0, 0.1) is 0 Å². The third-order valence-electron chi connectivity index (χ3n) is 2.62. The van der Waals surface area contributed by atoms with Crippen molar-refractivity contribution in [1.29, 1.82) is 0 Å². The molecule has 0 spiro atoms. The highest BCUT2D eigenvalue weighted by atomic mass is 32.1. The van der Waals surface area contributed by atoms with Gasteiger partial charge < -0.3 is 5.73 Å². The summed E-state index contributed by atoms with van der Waals surface area (Å²) in [7, 11) is 1.93. The van der Waals surface area contributed by atoms with Gasteiger partial charge in [0.05, 0.1) is 11.7 Å². The van der Waals surface area contributed by atoms with Gasteiger partial charge in [-0.3, -0.25) is 4.68 Å². The topological polar surface area (TPSA) is 43.8 Å². The molecule has 0 saturated carbocycles. The molecule has 0 fully saturated rings. The van der Waals surface area contributed by atoms with Crippen LogP contribution in [0.25, 0.3) is 0 Å². The van der Waals surface area contributed by atoms with E-state index in [1.165, 1.54) is 10.4 Å². The summed E-state index contributed by atoms with van der Waals surface area (Å²) in [6.07, 6.45) is 2.82. The third-order valence-corrected chi connectivity index (χ3v) is 3.66. The Bertz CT molecular complexity index is 444. The van der Waals surface area contributed by atoms with Crippen molar-refractivity contribution in [3.8, 4) is 0 Å². The minimum atomic E-state index is -0.0487. The number of thiophene rings is 1. The zero-order chi connectivity index (χ0) is 10.8. The van der Waals surface area contributed by atoms with Gasteiger partial charge in [0.2, 0.25) is 0 Å². The molecule has 0 aromatic carbocycles. The largest absolute Gasteiger partial charge is 0.318 e. The van der Waals surface area contributed by atoms with Crippen molar-refractivity contribution in [2.45, 2.75) is 19.4 Å². The van der Waals surface area contributed by atoms with Gasteiger partial charge in [-0.2, -0.15) is 5.10 Å². The van der Waals surface area contributed by atoms with Gasteiger partial charge in [-0.1, -0.05) is 6.92 Å². The van der Waals surface area contributed by atoms with Crippen molar-refractivity contribution < 1.29 is 0 Å². The number of rotatable bonds is 3. The summed E-state index contributed by atoms with van der Waals surface area (Å²) in [6.45, 7) is 2.15. The van der Waals surface area contributed by atoms with Crippen molar-refractivity contribution in [3.05, 3.63) is 39.8 Å². The summed E-state index contributed by atoms with van der Waals surface area (Å²) >= 11 is 1.72. The number of hydrogen-bond donors (Lipinski definition) is 1. The SMILES string of the molecule is CCc1ccsc1C(N)c1ccnn1C. The fourth-order valence-electron chi connectivity index (χ4n) is 1.74. The number of hydrogen-bond acceptors (Lipinski definition) is 3. The molecular formula is C11H15N3S. The van der Waals surface area contributed by atoms with Crippen LogP contribution in [0.5, 0.6) is 0 Å². The second-order valence-corrected chi connectivity index (χ2v) is 4.47. The lowest BCUT2D eigenvalue weighted by Gasteiger charge is -2.12. The van der Waals surface area contributed by atoms with Gasteiger partial charge in [0.15, 0.2) is 0 Å². The molecule has 2 heterocycles. The summed E-state index contributed by atoms with van der Waals surface area (Å²) in [5.74, 6) is 0. The van der Waals surface area contributed by atoms with Gasteiger partial charge in [-0.05, 0) is 29.5 Å². The summed E-state index contributed by atoms with van der Waals surface area (Å²) < 4.78 is 1.84. The first kappa shape index (κ1) is 10.4. The van der Waals surface area contributed by atoms with E-state index in [0.29, 0.717) is 0 Å². The van der Waals surface area contributed by atoms with Gasteiger partial charge in [0.1, 0.15) is 0 Å². The van der Waals surface area contributed by atoms with E-state index in [4.69, 9.17) is 5.73 Å². The Hall–Kier alpha value is -1.13. The maximum Gasteiger partial charge on any atom is 0.0819 e. The lowest BCUT2D eigenvalue weighted by Crippen LogP contribution is -2.15. The molecule has 80 valence electrons. The Labute approximate surface area is 93.5 Å². The lowest BCUT2D eigenvalue weighted by atomic mass is 10.1. The molecule has 2 N–H and O–H groups in total. The minimum Gasteiger partial charge on any atom is -0.318 e. The average Bonchev–Trinajstić information content (AvgIpc) is 2.84. The Morgan fingerprint density at radius 2 is 2.33 bits per heavy atom. The molecule has 0 aliphatic heterocycles. The predicted molar refractivity (Wildman–Crippen MR) is 62.9 cm³/mol. The summed E-state index contributed by atoms with van der Waals surface area (Å²) in [5.41, 5.74) is 8.64. The molecule has 0 amide bonds. The smallest absolute Gasteiger partial charge is 0.0819 e. The first-order valence-electron chi connectivity index (χ1n) is 5.03. The van der Waals surface area contributed by atoms with Crippen LogP contribution >= 0.6 is 11.3 Å². The molecule has 0 aliphatic rings. The molecule has 4 heteroatoms. The van der Waals surface area contributed by atoms with Crippen LogP contribution in [0.4, 0.5) is 0 Å². The maximum absolute atomic E-state index is 6.23. The van der Waals surface area contributed by atoms with Crippen molar-refractivity contribution in [2.75, 3.05) is 0 Å². The molecular weight excluding hydrogens is 206 g/mol. The van der Waals surface area contributed by atoms with Gasteiger partial charge >= 0.3 is 0 Å². The Kier molecular flexibility index (Phi) is 2.88. The van der Waals surface area contributed by atoms with Crippen molar-refractivity contribution in [1.82, 2.24) is 9.78 Å². The Morgan fingerprint density at radius 1 is 1.53 bits per heavy atom. The molecule has 15 heavy (non-hydrogen) atoms. The molecule has 2 aromatic rings. The van der Waals surface area contributed by atoms with E-state index in [1.54, 1.807) is 17.5 Å². The van der Waals surface area contributed by atoms with Crippen LogP contribution in [0.3, 0.4) is 0 Å². The van der Waals surface area contributed by atoms with Crippen molar-refractivity contribution in [2.24, 2.45) is 12.8 Å². The lowest BCUT2D eigenvalue weighted by molar-refractivity contribution is 0.675. The molecule has 3 nitrogen and oxygen atoms in total. The van der Waals surface area contributed by atoms with Crippen LogP contribution in [0.1, 0.15) is 29.1 Å². The number of nitrogens with two attached hydrogens (primary N) is 1. The summed E-state index contributed by atoms with van der Waals surface area (Å²) in [6, 6.07) is 4.08. The molecule has 0 aliphatic carbocycles. The molecule has 1 atom stereocenters. The van der Waals surface area contributed by atoms with E-state index in [2.05, 4.69) is 23.5 Å². The van der Waals surface area contributed by atoms with Gasteiger partial charge in [0, 0.05) is 18.1 Å². The highest BCUT2D eigenvalue weighted by Gasteiger charge is 2.16. The molecule has 0 saturated heterocycles. The van der Waals surface area contributed by atoms with Crippen LogP contribution in [0.15, 0.2) is 23.7 Å².